The second kappa shape index (κ2) is 10.0. The van der Waals surface area contributed by atoms with Gasteiger partial charge in [-0.2, -0.15) is 5.10 Å². The largest absolute Gasteiger partial charge is 0.342 e. The number of fused-ring (bicyclic) bond motifs is 1. The van der Waals surface area contributed by atoms with Crippen molar-refractivity contribution in [3.8, 4) is 0 Å². The van der Waals surface area contributed by atoms with Gasteiger partial charge in [0.15, 0.2) is 5.65 Å². The van der Waals surface area contributed by atoms with Gasteiger partial charge in [-0.1, -0.05) is 60.7 Å². The van der Waals surface area contributed by atoms with Gasteiger partial charge in [-0.3, -0.25) is 14.3 Å². The zero-order valence-corrected chi connectivity index (χ0v) is 20.4. The SMILES string of the molecule is CC(NC(=O)c1ncnc2c1cnn2C)c1ncc(C(=O)NC(c2ccccc2)c2ccccc2)s1. The summed E-state index contributed by atoms with van der Waals surface area (Å²) in [5, 5.41) is 11.4. The van der Waals surface area contributed by atoms with Crippen molar-refractivity contribution in [1.29, 1.82) is 0 Å². The predicted molar refractivity (Wildman–Crippen MR) is 136 cm³/mol. The molecule has 2 aromatic carbocycles. The first-order chi connectivity index (χ1) is 17.5. The van der Waals surface area contributed by atoms with Crippen molar-refractivity contribution >= 4 is 34.2 Å². The maximum Gasteiger partial charge on any atom is 0.271 e. The van der Waals surface area contributed by atoms with Crippen LogP contribution in [0.4, 0.5) is 0 Å². The summed E-state index contributed by atoms with van der Waals surface area (Å²) in [7, 11) is 1.75. The molecule has 3 heterocycles. The Kier molecular flexibility index (Phi) is 6.50. The number of hydrogen-bond acceptors (Lipinski definition) is 7. The number of carbonyl (C=O) groups excluding carboxylic acids is 2. The molecule has 0 spiro atoms. The highest BCUT2D eigenvalue weighted by atomic mass is 32.1. The van der Waals surface area contributed by atoms with Gasteiger partial charge >= 0.3 is 0 Å². The number of aryl methyl sites for hydroxylation is 1. The Morgan fingerprint density at radius 2 is 1.53 bits per heavy atom. The number of hydrogen-bond donors (Lipinski definition) is 2. The second-order valence-electron chi connectivity index (χ2n) is 8.21. The number of nitrogens with zero attached hydrogens (tertiary/aromatic N) is 5. The summed E-state index contributed by atoms with van der Waals surface area (Å²) < 4.78 is 1.58. The van der Waals surface area contributed by atoms with E-state index in [2.05, 4.69) is 30.7 Å². The molecule has 0 aliphatic carbocycles. The highest BCUT2D eigenvalue weighted by Crippen LogP contribution is 2.25. The molecule has 5 aromatic rings. The lowest BCUT2D eigenvalue weighted by Gasteiger charge is -2.19. The molecule has 5 rings (SSSR count). The molecule has 1 unspecified atom stereocenters. The van der Waals surface area contributed by atoms with Crippen molar-refractivity contribution in [2.24, 2.45) is 7.05 Å². The van der Waals surface area contributed by atoms with Crippen LogP contribution in [0.25, 0.3) is 11.0 Å². The monoisotopic (exact) mass is 497 g/mol. The summed E-state index contributed by atoms with van der Waals surface area (Å²) in [6.45, 7) is 1.82. The third-order valence-electron chi connectivity index (χ3n) is 5.75. The lowest BCUT2D eigenvalue weighted by molar-refractivity contribution is 0.0932. The third-order valence-corrected chi connectivity index (χ3v) is 6.93. The number of nitrogens with one attached hydrogen (secondary N) is 2. The van der Waals surface area contributed by atoms with Crippen LogP contribution in [0.5, 0.6) is 0 Å². The summed E-state index contributed by atoms with van der Waals surface area (Å²) in [5.41, 5.74) is 2.77. The van der Waals surface area contributed by atoms with E-state index < -0.39 is 6.04 Å². The van der Waals surface area contributed by atoms with Crippen molar-refractivity contribution in [1.82, 2.24) is 35.4 Å². The lowest BCUT2D eigenvalue weighted by atomic mass is 9.99. The van der Waals surface area contributed by atoms with E-state index in [0.717, 1.165) is 11.1 Å². The average Bonchev–Trinajstić information content (AvgIpc) is 3.56. The number of aromatic nitrogens is 5. The highest BCUT2D eigenvalue weighted by Gasteiger charge is 2.22. The van der Waals surface area contributed by atoms with Gasteiger partial charge in [0.2, 0.25) is 0 Å². The first-order valence-electron chi connectivity index (χ1n) is 11.3. The van der Waals surface area contributed by atoms with E-state index in [0.29, 0.717) is 20.9 Å². The number of carbonyl (C=O) groups is 2. The molecule has 0 bridgehead atoms. The van der Waals surface area contributed by atoms with E-state index in [1.807, 2.05) is 67.6 Å². The van der Waals surface area contributed by atoms with Crippen molar-refractivity contribution in [3.63, 3.8) is 0 Å². The van der Waals surface area contributed by atoms with E-state index in [1.165, 1.54) is 23.9 Å². The maximum absolute atomic E-state index is 13.2. The summed E-state index contributed by atoms with van der Waals surface area (Å²) >= 11 is 1.24. The summed E-state index contributed by atoms with van der Waals surface area (Å²) in [4.78, 5) is 39.2. The predicted octanol–water partition coefficient (Wildman–Crippen LogP) is 3.83. The first kappa shape index (κ1) is 23.3. The Morgan fingerprint density at radius 3 is 2.19 bits per heavy atom. The molecule has 3 aromatic heterocycles. The highest BCUT2D eigenvalue weighted by molar-refractivity contribution is 7.13. The molecule has 0 radical (unpaired) electrons. The minimum absolute atomic E-state index is 0.233. The smallest absolute Gasteiger partial charge is 0.271 e. The van der Waals surface area contributed by atoms with Crippen LogP contribution in [0.1, 0.15) is 55.3 Å². The topological polar surface area (TPSA) is 115 Å². The molecule has 2 amide bonds. The van der Waals surface area contributed by atoms with Crippen LogP contribution in [-0.4, -0.2) is 36.5 Å². The normalized spacial score (nSPS) is 12.0. The first-order valence-corrected chi connectivity index (χ1v) is 12.1. The average molecular weight is 498 g/mol. The van der Waals surface area contributed by atoms with Crippen LogP contribution in [-0.2, 0) is 7.05 Å². The minimum atomic E-state index is -0.426. The van der Waals surface area contributed by atoms with Crippen LogP contribution in [0.3, 0.4) is 0 Å². The molecule has 0 fully saturated rings. The fourth-order valence-electron chi connectivity index (χ4n) is 3.91. The Balaban J connectivity index is 1.31. The van der Waals surface area contributed by atoms with Crippen molar-refractivity contribution in [2.75, 3.05) is 0 Å². The number of thiazole rings is 1. The second-order valence-corrected chi connectivity index (χ2v) is 9.28. The van der Waals surface area contributed by atoms with E-state index in [4.69, 9.17) is 0 Å². The van der Waals surface area contributed by atoms with Crippen LogP contribution in [0.2, 0.25) is 0 Å². The molecule has 180 valence electrons. The molecule has 9 nitrogen and oxygen atoms in total. The van der Waals surface area contributed by atoms with Gasteiger partial charge in [-0.05, 0) is 18.1 Å². The Bertz CT molecular complexity index is 1480. The Morgan fingerprint density at radius 1 is 0.861 bits per heavy atom. The molecule has 0 saturated carbocycles. The molecule has 0 aliphatic rings. The number of amides is 2. The molecule has 0 aliphatic heterocycles. The van der Waals surface area contributed by atoms with E-state index in [-0.39, 0.29) is 23.6 Å². The molecule has 0 saturated heterocycles. The van der Waals surface area contributed by atoms with Gasteiger partial charge in [0, 0.05) is 7.05 Å². The Labute approximate surface area is 211 Å². The van der Waals surface area contributed by atoms with Crippen LogP contribution in [0, 0.1) is 0 Å². The molecule has 10 heteroatoms. The quantitative estimate of drug-likeness (QED) is 0.353. The number of benzene rings is 2. The van der Waals surface area contributed by atoms with E-state index >= 15 is 0 Å². The molecule has 1 atom stereocenters. The van der Waals surface area contributed by atoms with Crippen molar-refractivity contribution in [3.05, 3.63) is 106 Å². The van der Waals surface area contributed by atoms with E-state index in [1.54, 1.807) is 17.9 Å². The van der Waals surface area contributed by atoms with Gasteiger partial charge in [-0.25, -0.2) is 15.0 Å². The minimum Gasteiger partial charge on any atom is -0.342 e. The molecule has 2 N–H and O–H groups in total. The lowest BCUT2D eigenvalue weighted by Crippen LogP contribution is -2.28. The van der Waals surface area contributed by atoms with Crippen LogP contribution < -0.4 is 10.6 Å². The van der Waals surface area contributed by atoms with Gasteiger partial charge in [-0.15, -0.1) is 11.3 Å². The summed E-state index contributed by atoms with van der Waals surface area (Å²) in [6.07, 6.45) is 4.44. The maximum atomic E-state index is 13.2. The zero-order chi connectivity index (χ0) is 25.1. The standard InChI is InChI=1S/C26H23N7O2S/c1-16(31-25(35)22-19-13-30-33(2)23(19)29-15-28-22)26-27-14-20(36-26)24(34)32-21(17-9-5-3-6-10-17)18-11-7-4-8-12-18/h3-16,21H,1-2H3,(H,31,35)(H,32,34). The van der Waals surface area contributed by atoms with Crippen molar-refractivity contribution < 1.29 is 9.59 Å². The third kappa shape index (κ3) is 4.71. The summed E-state index contributed by atoms with van der Waals surface area (Å²) in [6, 6.07) is 18.9. The molecular weight excluding hydrogens is 474 g/mol. The van der Waals surface area contributed by atoms with Gasteiger partial charge < -0.3 is 10.6 Å². The molecular formula is C26H23N7O2S. The number of rotatable bonds is 7. The van der Waals surface area contributed by atoms with E-state index in [9.17, 15) is 9.59 Å². The molecule has 36 heavy (non-hydrogen) atoms. The fraction of sp³-hybridized carbons (Fsp3) is 0.154. The summed E-state index contributed by atoms with van der Waals surface area (Å²) in [5.74, 6) is -0.597. The fourth-order valence-corrected chi connectivity index (χ4v) is 4.74. The van der Waals surface area contributed by atoms with Gasteiger partial charge in [0.1, 0.15) is 21.9 Å². The zero-order valence-electron chi connectivity index (χ0n) is 19.6. The van der Waals surface area contributed by atoms with Crippen LogP contribution in [0.15, 0.2) is 79.4 Å². The van der Waals surface area contributed by atoms with Crippen molar-refractivity contribution in [2.45, 2.75) is 19.0 Å². The van der Waals surface area contributed by atoms with Gasteiger partial charge in [0.25, 0.3) is 11.8 Å². The Hall–Kier alpha value is -4.44. The van der Waals surface area contributed by atoms with Gasteiger partial charge in [0.05, 0.1) is 29.9 Å². The van der Waals surface area contributed by atoms with Crippen LogP contribution >= 0.6 is 11.3 Å².